The molecule has 0 saturated carbocycles. The van der Waals surface area contributed by atoms with E-state index in [0.29, 0.717) is 22.6 Å². The highest BCUT2D eigenvalue weighted by Gasteiger charge is 2.19. The van der Waals surface area contributed by atoms with Crippen LogP contribution < -0.4 is 5.32 Å². The summed E-state index contributed by atoms with van der Waals surface area (Å²) in [6.07, 6.45) is 2.17. The van der Waals surface area contributed by atoms with Gasteiger partial charge in [-0.2, -0.15) is 8.78 Å². The number of hydrogen-bond acceptors (Lipinski definition) is 3. The Balaban J connectivity index is 1.74. The second-order valence-corrected chi connectivity index (χ2v) is 6.74. The number of halogens is 2. The number of piperidine rings is 1. The van der Waals surface area contributed by atoms with Gasteiger partial charge in [0.05, 0.1) is 0 Å². The minimum Gasteiger partial charge on any atom is -0.356 e. The minimum absolute atomic E-state index is 0.0317. The van der Waals surface area contributed by atoms with Crippen molar-refractivity contribution in [3.8, 4) is 0 Å². The summed E-state index contributed by atoms with van der Waals surface area (Å²) < 4.78 is 24.5. The maximum atomic E-state index is 12.3. The molecule has 0 atom stereocenters. The summed E-state index contributed by atoms with van der Waals surface area (Å²) in [6, 6.07) is 7.37. The fourth-order valence-corrected chi connectivity index (χ4v) is 3.17. The average molecular weight is 328 g/mol. The molecule has 22 heavy (non-hydrogen) atoms. The van der Waals surface area contributed by atoms with Crippen molar-refractivity contribution in [1.82, 2.24) is 10.2 Å². The molecular weight excluding hydrogens is 306 g/mol. The van der Waals surface area contributed by atoms with Crippen molar-refractivity contribution in [3.63, 3.8) is 0 Å². The Morgan fingerprint density at radius 2 is 1.95 bits per heavy atom. The van der Waals surface area contributed by atoms with Crippen molar-refractivity contribution in [2.75, 3.05) is 19.6 Å². The Morgan fingerprint density at radius 3 is 2.50 bits per heavy atom. The number of carbonyl (C=O) groups is 1. The van der Waals surface area contributed by atoms with Crippen LogP contribution in [-0.4, -0.2) is 36.2 Å². The summed E-state index contributed by atoms with van der Waals surface area (Å²) in [7, 11) is 0. The van der Waals surface area contributed by atoms with Crippen molar-refractivity contribution in [1.29, 1.82) is 0 Å². The van der Waals surface area contributed by atoms with E-state index < -0.39 is 5.76 Å². The summed E-state index contributed by atoms with van der Waals surface area (Å²) in [5.41, 5.74) is 1.15. The minimum atomic E-state index is -2.37. The highest BCUT2D eigenvalue weighted by atomic mass is 32.2. The van der Waals surface area contributed by atoms with Crippen LogP contribution in [0.1, 0.15) is 25.3 Å². The van der Waals surface area contributed by atoms with Crippen molar-refractivity contribution < 1.29 is 13.6 Å². The van der Waals surface area contributed by atoms with Gasteiger partial charge >= 0.3 is 0 Å². The van der Waals surface area contributed by atoms with Crippen LogP contribution in [-0.2, 0) is 11.3 Å². The van der Waals surface area contributed by atoms with Gasteiger partial charge in [0.25, 0.3) is 5.76 Å². The first-order valence-corrected chi connectivity index (χ1v) is 8.41. The van der Waals surface area contributed by atoms with Gasteiger partial charge in [0.2, 0.25) is 5.91 Å². The second-order valence-electron chi connectivity index (χ2n) is 5.68. The highest BCUT2D eigenvalue weighted by Crippen LogP contribution is 2.26. The molecule has 0 bridgehead atoms. The zero-order valence-electron chi connectivity index (χ0n) is 12.7. The molecule has 1 N–H and O–H groups in total. The number of nitrogens with zero attached hydrogens (tertiary/aromatic N) is 1. The van der Waals surface area contributed by atoms with E-state index in [-0.39, 0.29) is 5.91 Å². The molecule has 1 aromatic carbocycles. The number of nitrogens with one attached hydrogen (secondary N) is 1. The largest absolute Gasteiger partial charge is 0.356 e. The number of benzene rings is 1. The van der Waals surface area contributed by atoms with E-state index in [2.05, 4.69) is 10.2 Å². The molecule has 3 nitrogen and oxygen atoms in total. The normalized spacial score (nSPS) is 16.9. The topological polar surface area (TPSA) is 32.3 Å². The lowest BCUT2D eigenvalue weighted by atomic mass is 9.96. The predicted octanol–water partition coefficient (Wildman–Crippen LogP) is 3.35. The van der Waals surface area contributed by atoms with Crippen molar-refractivity contribution in [2.24, 2.45) is 5.92 Å². The van der Waals surface area contributed by atoms with Crippen LogP contribution in [0.4, 0.5) is 8.78 Å². The van der Waals surface area contributed by atoms with Gasteiger partial charge in [-0.15, -0.1) is 0 Å². The molecule has 1 fully saturated rings. The van der Waals surface area contributed by atoms with E-state index in [1.54, 1.807) is 19.1 Å². The van der Waals surface area contributed by atoms with Crippen LogP contribution in [0.5, 0.6) is 0 Å². The summed E-state index contributed by atoms with van der Waals surface area (Å²) in [4.78, 5) is 13.9. The van der Waals surface area contributed by atoms with Crippen LogP contribution in [0.2, 0.25) is 0 Å². The van der Waals surface area contributed by atoms with Crippen molar-refractivity contribution in [2.45, 2.75) is 37.0 Å². The van der Waals surface area contributed by atoms with E-state index in [4.69, 9.17) is 0 Å². The number of rotatable bonds is 6. The van der Waals surface area contributed by atoms with Gasteiger partial charge < -0.3 is 5.32 Å². The lowest BCUT2D eigenvalue weighted by Crippen LogP contribution is -2.37. The Labute approximate surface area is 134 Å². The number of likely N-dealkylation sites (tertiary alicyclic amines) is 1. The molecule has 1 aromatic rings. The zero-order chi connectivity index (χ0) is 15.9. The van der Waals surface area contributed by atoms with E-state index >= 15 is 0 Å². The number of hydrogen-bond donors (Lipinski definition) is 1. The molecule has 2 rings (SSSR count). The molecule has 122 valence electrons. The number of carbonyl (C=O) groups excluding carboxylic acids is 1. The van der Waals surface area contributed by atoms with Crippen molar-refractivity contribution >= 4 is 17.7 Å². The van der Waals surface area contributed by atoms with Gasteiger partial charge in [-0.3, -0.25) is 9.69 Å². The molecular formula is C16H22F2N2OS. The van der Waals surface area contributed by atoms with Gasteiger partial charge in [0.1, 0.15) is 0 Å². The monoisotopic (exact) mass is 328 g/mol. The van der Waals surface area contributed by atoms with Gasteiger partial charge in [0.15, 0.2) is 0 Å². The molecule has 1 amide bonds. The Bertz CT molecular complexity index is 474. The van der Waals surface area contributed by atoms with Crippen LogP contribution in [0.3, 0.4) is 0 Å². The van der Waals surface area contributed by atoms with Crippen LogP contribution in [0, 0.1) is 5.92 Å². The first-order chi connectivity index (χ1) is 10.5. The smallest absolute Gasteiger partial charge is 0.288 e. The summed E-state index contributed by atoms with van der Waals surface area (Å²) in [6.45, 7) is 5.19. The SMILES string of the molecule is CC(=O)NCC1CCN(Cc2ccc(SC(F)F)cc2)CC1. The molecule has 0 spiro atoms. The maximum Gasteiger partial charge on any atom is 0.288 e. The average Bonchev–Trinajstić information content (AvgIpc) is 2.48. The van der Waals surface area contributed by atoms with Gasteiger partial charge in [-0.05, 0) is 49.5 Å². The fourth-order valence-electron chi connectivity index (χ4n) is 2.67. The molecule has 0 unspecified atom stereocenters. The summed E-state index contributed by atoms with van der Waals surface area (Å²) in [5, 5.41) is 2.88. The maximum absolute atomic E-state index is 12.3. The quantitative estimate of drug-likeness (QED) is 0.813. The standard InChI is InChI=1S/C16H22F2N2OS/c1-12(21)19-10-13-6-8-20(9-7-13)11-14-2-4-15(5-3-14)22-16(17)18/h2-5,13,16H,6-11H2,1H3,(H,19,21). The van der Waals surface area contributed by atoms with Crippen LogP contribution in [0.15, 0.2) is 29.2 Å². The third-order valence-corrected chi connectivity index (χ3v) is 4.62. The molecule has 0 radical (unpaired) electrons. The Hall–Kier alpha value is -1.14. The Morgan fingerprint density at radius 1 is 1.32 bits per heavy atom. The predicted molar refractivity (Wildman–Crippen MR) is 85.0 cm³/mol. The van der Waals surface area contributed by atoms with E-state index in [1.165, 1.54) is 0 Å². The first-order valence-electron chi connectivity index (χ1n) is 7.53. The van der Waals surface area contributed by atoms with Gasteiger partial charge in [0, 0.05) is 24.9 Å². The summed E-state index contributed by atoms with van der Waals surface area (Å²) >= 11 is 0.580. The van der Waals surface area contributed by atoms with Crippen molar-refractivity contribution in [3.05, 3.63) is 29.8 Å². The Kier molecular flexibility index (Phi) is 6.64. The van der Waals surface area contributed by atoms with E-state index in [9.17, 15) is 13.6 Å². The zero-order valence-corrected chi connectivity index (χ0v) is 13.5. The fraction of sp³-hybridized carbons (Fsp3) is 0.562. The van der Waals surface area contributed by atoms with Crippen LogP contribution >= 0.6 is 11.8 Å². The lowest BCUT2D eigenvalue weighted by molar-refractivity contribution is -0.119. The highest BCUT2D eigenvalue weighted by molar-refractivity contribution is 7.99. The third kappa shape index (κ3) is 5.93. The molecule has 0 aliphatic carbocycles. The van der Waals surface area contributed by atoms with E-state index in [1.807, 2.05) is 12.1 Å². The first kappa shape index (κ1) is 17.2. The van der Waals surface area contributed by atoms with Gasteiger partial charge in [-0.1, -0.05) is 23.9 Å². The number of thioether (sulfide) groups is 1. The molecule has 1 saturated heterocycles. The van der Waals surface area contributed by atoms with Crippen LogP contribution in [0.25, 0.3) is 0 Å². The summed E-state index contributed by atoms with van der Waals surface area (Å²) in [5.74, 6) is -1.78. The van der Waals surface area contributed by atoms with Gasteiger partial charge in [-0.25, -0.2) is 0 Å². The lowest BCUT2D eigenvalue weighted by Gasteiger charge is -2.32. The molecule has 1 aliphatic rings. The molecule has 6 heteroatoms. The van der Waals surface area contributed by atoms with E-state index in [0.717, 1.165) is 44.6 Å². The number of alkyl halides is 2. The molecule has 1 aliphatic heterocycles. The number of amides is 1. The molecule has 1 heterocycles. The third-order valence-electron chi connectivity index (χ3n) is 3.90. The molecule has 0 aromatic heterocycles. The second kappa shape index (κ2) is 8.48.